The summed E-state index contributed by atoms with van der Waals surface area (Å²) in [6, 6.07) is 11.0. The van der Waals surface area contributed by atoms with Crippen LogP contribution in [0.4, 0.5) is 4.39 Å². The SMILES string of the molecule is O=C(O)c1ccc(SCc2c(F)cccc2Cl)cc1. The number of hydrogen-bond acceptors (Lipinski definition) is 2. The largest absolute Gasteiger partial charge is 0.478 e. The molecule has 0 spiro atoms. The number of carboxylic acids is 1. The Labute approximate surface area is 119 Å². The molecule has 19 heavy (non-hydrogen) atoms. The Morgan fingerprint density at radius 3 is 2.47 bits per heavy atom. The summed E-state index contributed by atoms with van der Waals surface area (Å²) in [6.07, 6.45) is 0. The van der Waals surface area contributed by atoms with Gasteiger partial charge in [-0.2, -0.15) is 0 Å². The van der Waals surface area contributed by atoms with E-state index in [1.54, 1.807) is 24.3 Å². The second kappa shape index (κ2) is 6.08. The van der Waals surface area contributed by atoms with E-state index in [0.29, 0.717) is 16.3 Å². The second-order valence-electron chi connectivity index (χ2n) is 3.82. The van der Waals surface area contributed by atoms with Crippen LogP contribution in [-0.2, 0) is 5.75 Å². The van der Waals surface area contributed by atoms with Crippen molar-refractivity contribution in [2.45, 2.75) is 10.6 Å². The van der Waals surface area contributed by atoms with Gasteiger partial charge in [0.1, 0.15) is 5.82 Å². The molecule has 2 nitrogen and oxygen atoms in total. The number of benzene rings is 2. The number of rotatable bonds is 4. The van der Waals surface area contributed by atoms with E-state index in [9.17, 15) is 9.18 Å². The molecular weight excluding hydrogens is 287 g/mol. The Balaban J connectivity index is 2.08. The highest BCUT2D eigenvalue weighted by molar-refractivity contribution is 7.98. The zero-order valence-electron chi connectivity index (χ0n) is 9.77. The molecule has 2 aromatic carbocycles. The third-order valence-corrected chi connectivity index (χ3v) is 3.94. The maximum atomic E-state index is 13.5. The second-order valence-corrected chi connectivity index (χ2v) is 5.27. The van der Waals surface area contributed by atoms with Gasteiger partial charge in [0.25, 0.3) is 0 Å². The minimum Gasteiger partial charge on any atom is -0.478 e. The molecular formula is C14H10ClFO2S. The topological polar surface area (TPSA) is 37.3 Å². The molecule has 0 atom stereocenters. The third-order valence-electron chi connectivity index (χ3n) is 2.55. The Hall–Kier alpha value is -1.52. The lowest BCUT2D eigenvalue weighted by atomic mass is 10.2. The summed E-state index contributed by atoms with van der Waals surface area (Å²) < 4.78 is 13.5. The summed E-state index contributed by atoms with van der Waals surface area (Å²) in [5.41, 5.74) is 0.685. The van der Waals surface area contributed by atoms with Crippen LogP contribution in [0.15, 0.2) is 47.4 Å². The molecule has 0 radical (unpaired) electrons. The first-order valence-electron chi connectivity index (χ1n) is 5.47. The molecule has 0 bridgehead atoms. The van der Waals surface area contributed by atoms with Gasteiger partial charge in [0.05, 0.1) is 5.56 Å². The van der Waals surface area contributed by atoms with Gasteiger partial charge in [0, 0.05) is 21.2 Å². The van der Waals surface area contributed by atoms with Gasteiger partial charge in [-0.25, -0.2) is 9.18 Å². The lowest BCUT2D eigenvalue weighted by Gasteiger charge is -2.06. The highest BCUT2D eigenvalue weighted by atomic mass is 35.5. The zero-order valence-corrected chi connectivity index (χ0v) is 11.3. The van der Waals surface area contributed by atoms with Crippen LogP contribution in [0, 0.1) is 5.82 Å². The van der Waals surface area contributed by atoms with Gasteiger partial charge < -0.3 is 5.11 Å². The van der Waals surface area contributed by atoms with E-state index < -0.39 is 5.97 Å². The fourth-order valence-electron chi connectivity index (χ4n) is 1.52. The summed E-state index contributed by atoms with van der Waals surface area (Å²) in [4.78, 5) is 11.6. The number of thioether (sulfide) groups is 1. The van der Waals surface area contributed by atoms with Gasteiger partial charge >= 0.3 is 5.97 Å². The number of aromatic carboxylic acids is 1. The number of halogens is 2. The van der Waals surface area contributed by atoms with E-state index in [-0.39, 0.29) is 11.4 Å². The summed E-state index contributed by atoms with van der Waals surface area (Å²) in [5.74, 6) is -0.895. The van der Waals surface area contributed by atoms with Crippen molar-refractivity contribution in [1.82, 2.24) is 0 Å². The first kappa shape index (κ1) is 13.9. The summed E-state index contributed by atoms with van der Waals surface area (Å²) in [5, 5.41) is 9.18. The molecule has 2 aromatic rings. The normalized spacial score (nSPS) is 10.4. The molecule has 1 N–H and O–H groups in total. The van der Waals surface area contributed by atoms with Crippen LogP contribution in [0.3, 0.4) is 0 Å². The Bertz CT molecular complexity index is 579. The van der Waals surface area contributed by atoms with Gasteiger partial charge in [-0.3, -0.25) is 0 Å². The zero-order chi connectivity index (χ0) is 13.8. The highest BCUT2D eigenvalue weighted by Crippen LogP contribution is 2.28. The predicted molar refractivity (Wildman–Crippen MR) is 74.4 cm³/mol. The van der Waals surface area contributed by atoms with Crippen molar-refractivity contribution in [3.63, 3.8) is 0 Å². The quantitative estimate of drug-likeness (QED) is 0.846. The molecule has 98 valence electrons. The molecule has 0 saturated heterocycles. The van der Waals surface area contributed by atoms with Gasteiger partial charge in [-0.05, 0) is 36.4 Å². The lowest BCUT2D eigenvalue weighted by molar-refractivity contribution is 0.0697. The summed E-state index contributed by atoms with van der Waals surface area (Å²) in [6.45, 7) is 0. The van der Waals surface area contributed by atoms with E-state index in [0.717, 1.165) is 4.90 Å². The maximum absolute atomic E-state index is 13.5. The van der Waals surface area contributed by atoms with Gasteiger partial charge in [0.15, 0.2) is 0 Å². The van der Waals surface area contributed by atoms with E-state index in [2.05, 4.69) is 0 Å². The smallest absolute Gasteiger partial charge is 0.335 e. The van der Waals surface area contributed by atoms with Crippen molar-refractivity contribution in [1.29, 1.82) is 0 Å². The Morgan fingerprint density at radius 1 is 1.21 bits per heavy atom. The average molecular weight is 297 g/mol. The molecule has 2 rings (SSSR count). The highest BCUT2D eigenvalue weighted by Gasteiger charge is 2.08. The van der Waals surface area contributed by atoms with E-state index in [1.807, 2.05) is 0 Å². The van der Waals surface area contributed by atoms with Crippen molar-refractivity contribution in [2.24, 2.45) is 0 Å². The van der Waals surface area contributed by atoms with Crippen LogP contribution >= 0.6 is 23.4 Å². The molecule has 0 heterocycles. The minimum atomic E-state index is -0.964. The van der Waals surface area contributed by atoms with E-state index in [4.69, 9.17) is 16.7 Å². The number of hydrogen-bond donors (Lipinski definition) is 1. The fraction of sp³-hybridized carbons (Fsp3) is 0.0714. The predicted octanol–water partition coefficient (Wildman–Crippen LogP) is 4.47. The van der Waals surface area contributed by atoms with Crippen LogP contribution in [0.1, 0.15) is 15.9 Å². The molecule has 0 unspecified atom stereocenters. The van der Waals surface area contributed by atoms with Crippen molar-refractivity contribution < 1.29 is 14.3 Å². The number of carbonyl (C=O) groups is 1. The van der Waals surface area contributed by atoms with Gasteiger partial charge in [-0.1, -0.05) is 17.7 Å². The summed E-state index contributed by atoms with van der Waals surface area (Å²) in [7, 11) is 0. The molecule has 0 aliphatic rings. The van der Waals surface area contributed by atoms with E-state index in [1.165, 1.54) is 30.0 Å². The standard InChI is InChI=1S/C14H10ClFO2S/c15-12-2-1-3-13(16)11(12)8-19-10-6-4-9(5-7-10)14(17)18/h1-7H,8H2,(H,17,18). The molecule has 0 aromatic heterocycles. The monoisotopic (exact) mass is 296 g/mol. The molecule has 0 fully saturated rings. The first-order chi connectivity index (χ1) is 9.08. The van der Waals surface area contributed by atoms with E-state index >= 15 is 0 Å². The lowest BCUT2D eigenvalue weighted by Crippen LogP contribution is -1.95. The Kier molecular flexibility index (Phi) is 4.45. The Morgan fingerprint density at radius 2 is 1.89 bits per heavy atom. The summed E-state index contributed by atoms with van der Waals surface area (Å²) >= 11 is 7.34. The van der Waals surface area contributed by atoms with Crippen LogP contribution in [0.2, 0.25) is 5.02 Å². The molecule has 5 heteroatoms. The van der Waals surface area contributed by atoms with Crippen LogP contribution in [0.25, 0.3) is 0 Å². The van der Waals surface area contributed by atoms with Crippen molar-refractivity contribution in [3.8, 4) is 0 Å². The van der Waals surface area contributed by atoms with Crippen molar-refractivity contribution >= 4 is 29.3 Å². The fourth-order valence-corrected chi connectivity index (χ4v) is 2.76. The molecule has 0 amide bonds. The minimum absolute atomic E-state index is 0.230. The average Bonchev–Trinajstić information content (AvgIpc) is 2.38. The van der Waals surface area contributed by atoms with Crippen molar-refractivity contribution in [3.05, 3.63) is 64.4 Å². The number of carboxylic acid groups (broad SMARTS) is 1. The van der Waals surface area contributed by atoms with Crippen LogP contribution in [-0.4, -0.2) is 11.1 Å². The van der Waals surface area contributed by atoms with Gasteiger partial charge in [-0.15, -0.1) is 11.8 Å². The third kappa shape index (κ3) is 3.49. The molecule has 0 aliphatic heterocycles. The first-order valence-corrected chi connectivity index (χ1v) is 6.83. The van der Waals surface area contributed by atoms with Crippen LogP contribution in [0.5, 0.6) is 0 Å². The molecule has 0 saturated carbocycles. The molecule has 0 aliphatic carbocycles. The maximum Gasteiger partial charge on any atom is 0.335 e. The van der Waals surface area contributed by atoms with Crippen molar-refractivity contribution in [2.75, 3.05) is 0 Å². The van der Waals surface area contributed by atoms with Crippen LogP contribution < -0.4 is 0 Å². The van der Waals surface area contributed by atoms with Gasteiger partial charge in [0.2, 0.25) is 0 Å².